The van der Waals surface area contributed by atoms with Crippen LogP contribution >= 0.6 is 0 Å². The van der Waals surface area contributed by atoms with Crippen molar-refractivity contribution < 1.29 is 9.59 Å². The molecule has 6 heteroatoms. The van der Waals surface area contributed by atoms with E-state index in [1.54, 1.807) is 0 Å². The van der Waals surface area contributed by atoms with Crippen molar-refractivity contribution in [1.82, 2.24) is 4.90 Å². The maximum Gasteiger partial charge on any atom is 0.258 e. The van der Waals surface area contributed by atoms with Gasteiger partial charge in [0.05, 0.1) is 0 Å². The van der Waals surface area contributed by atoms with Crippen molar-refractivity contribution >= 4 is 28.9 Å². The predicted octanol–water partition coefficient (Wildman–Crippen LogP) is 5.24. The summed E-state index contributed by atoms with van der Waals surface area (Å²) in [6, 6.07) is 25.6. The van der Waals surface area contributed by atoms with Gasteiger partial charge in [-0.3, -0.25) is 9.59 Å². The Morgan fingerprint density at radius 3 is 2.22 bits per heavy atom. The van der Waals surface area contributed by atoms with Crippen LogP contribution < -0.4 is 15.1 Å². The summed E-state index contributed by atoms with van der Waals surface area (Å²) in [5, 5.41) is 3.05. The van der Waals surface area contributed by atoms with Crippen LogP contribution in [0.1, 0.15) is 42.1 Å². The van der Waals surface area contributed by atoms with Crippen molar-refractivity contribution in [2.24, 2.45) is 5.92 Å². The number of amides is 2. The summed E-state index contributed by atoms with van der Waals surface area (Å²) in [5.41, 5.74) is 4.61. The van der Waals surface area contributed by atoms with Crippen molar-refractivity contribution in [2.75, 3.05) is 48.3 Å². The van der Waals surface area contributed by atoms with Gasteiger partial charge in [0.25, 0.3) is 5.91 Å². The van der Waals surface area contributed by atoms with Gasteiger partial charge in [-0.15, -0.1) is 0 Å². The molecule has 37 heavy (non-hydrogen) atoms. The van der Waals surface area contributed by atoms with E-state index in [1.165, 1.54) is 0 Å². The summed E-state index contributed by atoms with van der Waals surface area (Å²) < 4.78 is 0. The highest BCUT2D eigenvalue weighted by Gasteiger charge is 2.38. The highest BCUT2D eigenvalue weighted by molar-refractivity contribution is 6.07. The first kappa shape index (κ1) is 25.0. The summed E-state index contributed by atoms with van der Waals surface area (Å²) in [6.07, 6.45) is 0.728. The van der Waals surface area contributed by atoms with E-state index in [-0.39, 0.29) is 29.7 Å². The normalized spacial score (nSPS) is 20.7. The van der Waals surface area contributed by atoms with Crippen LogP contribution in [0.5, 0.6) is 0 Å². The minimum atomic E-state index is -0.232. The van der Waals surface area contributed by atoms with E-state index >= 15 is 0 Å². The summed E-state index contributed by atoms with van der Waals surface area (Å²) in [5.74, 6) is -0.204. The van der Waals surface area contributed by atoms with Gasteiger partial charge >= 0.3 is 0 Å². The number of likely N-dealkylation sites (N-methyl/N-ethyl adjacent to an activating group) is 1. The molecule has 0 radical (unpaired) electrons. The molecule has 1 saturated heterocycles. The van der Waals surface area contributed by atoms with Gasteiger partial charge in [-0.05, 0) is 74.3 Å². The molecule has 1 fully saturated rings. The highest BCUT2D eigenvalue weighted by atomic mass is 16.2. The standard InChI is InChI=1S/C31H36N4O2/c1-22-21-28(23(2)30(36)32-25-9-5-4-6-10-25)27-11-7-8-12-29(27)35(22)31(37)24-13-15-26(16-14-24)34-19-17-33(3)18-20-34/h4-16,22-23,28H,17-21H2,1-3H3,(H,32,36). The first-order valence-corrected chi connectivity index (χ1v) is 13.2. The second-order valence-corrected chi connectivity index (χ2v) is 10.4. The van der Waals surface area contributed by atoms with Gasteiger partial charge in [-0.1, -0.05) is 43.3 Å². The number of nitrogens with zero attached hydrogens (tertiary/aromatic N) is 3. The van der Waals surface area contributed by atoms with Crippen LogP contribution in [0.2, 0.25) is 0 Å². The van der Waals surface area contributed by atoms with E-state index in [9.17, 15) is 9.59 Å². The molecule has 3 aromatic carbocycles. The van der Waals surface area contributed by atoms with Crippen molar-refractivity contribution in [1.29, 1.82) is 0 Å². The Bertz CT molecular complexity index is 1240. The first-order valence-electron chi connectivity index (χ1n) is 13.2. The zero-order valence-corrected chi connectivity index (χ0v) is 21.9. The smallest absolute Gasteiger partial charge is 0.258 e. The van der Waals surface area contributed by atoms with Crippen LogP contribution in [-0.2, 0) is 4.79 Å². The minimum Gasteiger partial charge on any atom is -0.369 e. The van der Waals surface area contributed by atoms with Gasteiger partial charge in [-0.25, -0.2) is 0 Å². The third-order valence-corrected chi connectivity index (χ3v) is 7.89. The molecule has 3 unspecified atom stereocenters. The number of hydrogen-bond acceptors (Lipinski definition) is 4. The van der Waals surface area contributed by atoms with Crippen LogP contribution in [0, 0.1) is 5.92 Å². The Morgan fingerprint density at radius 1 is 0.865 bits per heavy atom. The largest absolute Gasteiger partial charge is 0.369 e. The topological polar surface area (TPSA) is 55.9 Å². The van der Waals surface area contributed by atoms with Crippen LogP contribution in [0.3, 0.4) is 0 Å². The van der Waals surface area contributed by atoms with E-state index < -0.39 is 0 Å². The van der Waals surface area contributed by atoms with Gasteiger partial charge in [0.15, 0.2) is 0 Å². The zero-order valence-electron chi connectivity index (χ0n) is 21.9. The molecule has 0 aromatic heterocycles. The van der Waals surface area contributed by atoms with Crippen LogP contribution in [-0.4, -0.2) is 56.0 Å². The maximum atomic E-state index is 13.8. The average Bonchev–Trinajstić information content (AvgIpc) is 2.93. The summed E-state index contributed by atoms with van der Waals surface area (Å²) in [6.45, 7) is 8.16. The van der Waals surface area contributed by atoms with E-state index in [0.717, 1.165) is 55.2 Å². The Kier molecular flexibility index (Phi) is 7.28. The average molecular weight is 497 g/mol. The third kappa shape index (κ3) is 5.25. The molecule has 2 aliphatic heterocycles. The Balaban J connectivity index is 1.35. The van der Waals surface area contributed by atoms with Crippen molar-refractivity contribution in [3.05, 3.63) is 90.0 Å². The molecule has 0 bridgehead atoms. The van der Waals surface area contributed by atoms with Crippen molar-refractivity contribution in [3.8, 4) is 0 Å². The Hall–Kier alpha value is -3.64. The number of para-hydroxylation sites is 2. The molecular weight excluding hydrogens is 460 g/mol. The van der Waals surface area contributed by atoms with Gasteiger partial charge in [-0.2, -0.15) is 0 Å². The monoisotopic (exact) mass is 496 g/mol. The van der Waals surface area contributed by atoms with E-state index in [0.29, 0.717) is 5.56 Å². The summed E-state index contributed by atoms with van der Waals surface area (Å²) in [4.78, 5) is 33.6. The number of rotatable bonds is 5. The first-order chi connectivity index (χ1) is 17.9. The molecule has 2 aliphatic rings. The number of hydrogen-bond donors (Lipinski definition) is 1. The number of benzene rings is 3. The lowest BCUT2D eigenvalue weighted by molar-refractivity contribution is -0.120. The Labute approximate surface area is 219 Å². The molecule has 2 heterocycles. The number of piperazine rings is 1. The maximum absolute atomic E-state index is 13.8. The molecular formula is C31H36N4O2. The second-order valence-electron chi connectivity index (χ2n) is 10.4. The third-order valence-electron chi connectivity index (χ3n) is 7.89. The number of carbonyl (C=O) groups is 2. The van der Waals surface area contributed by atoms with E-state index in [1.807, 2.05) is 72.5 Å². The van der Waals surface area contributed by atoms with Gasteiger partial charge in [0, 0.05) is 60.8 Å². The second kappa shape index (κ2) is 10.8. The lowest BCUT2D eigenvalue weighted by atomic mass is 9.78. The highest BCUT2D eigenvalue weighted by Crippen LogP contribution is 2.43. The van der Waals surface area contributed by atoms with E-state index in [2.05, 4.69) is 47.3 Å². The summed E-state index contributed by atoms with van der Waals surface area (Å²) in [7, 11) is 2.15. The van der Waals surface area contributed by atoms with Crippen LogP contribution in [0.15, 0.2) is 78.9 Å². The van der Waals surface area contributed by atoms with Crippen molar-refractivity contribution in [3.63, 3.8) is 0 Å². The molecule has 192 valence electrons. The predicted molar refractivity (Wildman–Crippen MR) is 150 cm³/mol. The van der Waals surface area contributed by atoms with Gasteiger partial charge < -0.3 is 20.0 Å². The molecule has 3 atom stereocenters. The SMILES string of the molecule is CC(C(=O)Nc1ccccc1)C1CC(C)N(C(=O)c2ccc(N3CCN(C)CC3)cc2)c2ccccc21. The van der Waals surface area contributed by atoms with E-state index in [4.69, 9.17) is 0 Å². The number of anilines is 3. The van der Waals surface area contributed by atoms with Crippen LogP contribution in [0.25, 0.3) is 0 Å². The molecule has 6 nitrogen and oxygen atoms in total. The van der Waals surface area contributed by atoms with Gasteiger partial charge in [0.2, 0.25) is 5.91 Å². The lowest BCUT2D eigenvalue weighted by Gasteiger charge is -2.41. The van der Waals surface area contributed by atoms with Crippen LogP contribution in [0.4, 0.5) is 17.1 Å². The summed E-state index contributed by atoms with van der Waals surface area (Å²) >= 11 is 0. The molecule has 0 saturated carbocycles. The Morgan fingerprint density at radius 2 is 1.51 bits per heavy atom. The molecule has 3 aromatic rings. The number of nitrogens with one attached hydrogen (secondary N) is 1. The fourth-order valence-corrected chi connectivity index (χ4v) is 5.62. The molecule has 0 spiro atoms. The molecule has 1 N–H and O–H groups in total. The fourth-order valence-electron chi connectivity index (χ4n) is 5.62. The van der Waals surface area contributed by atoms with Crippen molar-refractivity contribution in [2.45, 2.75) is 32.2 Å². The molecule has 2 amide bonds. The minimum absolute atomic E-state index is 0.00234. The number of carbonyl (C=O) groups excluding carboxylic acids is 2. The zero-order chi connectivity index (χ0) is 25.9. The molecule has 5 rings (SSSR count). The quantitative estimate of drug-likeness (QED) is 0.525. The fraction of sp³-hybridized carbons (Fsp3) is 0.355. The number of fused-ring (bicyclic) bond motifs is 1. The van der Waals surface area contributed by atoms with Gasteiger partial charge in [0.1, 0.15) is 0 Å². The lowest BCUT2D eigenvalue weighted by Crippen LogP contribution is -2.45. The molecule has 0 aliphatic carbocycles.